The molecule has 0 aliphatic carbocycles. The molecule has 0 aromatic heterocycles. The number of methoxy groups -OCH3 is 1. The molecule has 1 atom stereocenters. The average Bonchev–Trinajstić information content (AvgIpc) is 2.52. The Hall–Kier alpha value is -1.81. The SMILES string of the molecule is C=CCC1(O)C(=O)N(C)c2ccc(OC)cc21. The summed E-state index contributed by atoms with van der Waals surface area (Å²) in [4.78, 5) is 13.5. The lowest BCUT2D eigenvalue weighted by molar-refractivity contribution is -0.135. The number of likely N-dealkylation sites (N-methyl/N-ethyl adjacent to an activating group) is 1. The highest BCUT2D eigenvalue weighted by molar-refractivity contribution is 6.06. The van der Waals surface area contributed by atoms with Crippen molar-refractivity contribution in [2.75, 3.05) is 19.1 Å². The first-order valence-corrected chi connectivity index (χ1v) is 5.34. The molecule has 1 N–H and O–H groups in total. The molecular weight excluding hydrogens is 218 g/mol. The van der Waals surface area contributed by atoms with Gasteiger partial charge < -0.3 is 14.7 Å². The van der Waals surface area contributed by atoms with Gasteiger partial charge in [0, 0.05) is 19.0 Å². The maximum absolute atomic E-state index is 12.1. The average molecular weight is 233 g/mol. The molecule has 0 saturated carbocycles. The normalized spacial score (nSPS) is 22.5. The number of anilines is 1. The zero-order chi connectivity index (χ0) is 12.6. The van der Waals surface area contributed by atoms with Crippen molar-refractivity contribution >= 4 is 11.6 Å². The molecule has 90 valence electrons. The summed E-state index contributed by atoms with van der Waals surface area (Å²) in [6.45, 7) is 3.58. The van der Waals surface area contributed by atoms with Crippen LogP contribution in [0.5, 0.6) is 5.75 Å². The molecule has 2 rings (SSSR count). The van der Waals surface area contributed by atoms with Crippen LogP contribution in [0.2, 0.25) is 0 Å². The quantitative estimate of drug-likeness (QED) is 0.804. The number of amides is 1. The van der Waals surface area contributed by atoms with E-state index in [0.29, 0.717) is 17.0 Å². The Morgan fingerprint density at radius 3 is 2.88 bits per heavy atom. The van der Waals surface area contributed by atoms with Gasteiger partial charge in [-0.3, -0.25) is 4.79 Å². The van der Waals surface area contributed by atoms with Gasteiger partial charge in [0.15, 0.2) is 5.60 Å². The largest absolute Gasteiger partial charge is 0.497 e. The number of fused-ring (bicyclic) bond motifs is 1. The molecule has 0 fully saturated rings. The van der Waals surface area contributed by atoms with Gasteiger partial charge in [-0.2, -0.15) is 0 Å². The topological polar surface area (TPSA) is 49.8 Å². The first-order chi connectivity index (χ1) is 8.04. The van der Waals surface area contributed by atoms with Crippen LogP contribution in [0.4, 0.5) is 5.69 Å². The zero-order valence-corrected chi connectivity index (χ0v) is 9.93. The zero-order valence-electron chi connectivity index (χ0n) is 9.93. The summed E-state index contributed by atoms with van der Waals surface area (Å²) in [5.41, 5.74) is -0.232. The van der Waals surface area contributed by atoms with Gasteiger partial charge in [-0.05, 0) is 18.2 Å². The summed E-state index contributed by atoms with van der Waals surface area (Å²) in [6.07, 6.45) is 1.73. The van der Waals surface area contributed by atoms with Gasteiger partial charge in [0.25, 0.3) is 5.91 Å². The minimum absolute atomic E-state index is 0.191. The smallest absolute Gasteiger partial charge is 0.263 e. The van der Waals surface area contributed by atoms with E-state index in [1.807, 2.05) is 0 Å². The van der Waals surface area contributed by atoms with E-state index in [4.69, 9.17) is 4.74 Å². The molecule has 4 nitrogen and oxygen atoms in total. The van der Waals surface area contributed by atoms with Crippen LogP contribution in [0.25, 0.3) is 0 Å². The van der Waals surface area contributed by atoms with Crippen LogP contribution in [-0.4, -0.2) is 25.2 Å². The molecule has 1 aliphatic heterocycles. The molecule has 1 amide bonds. The highest BCUT2D eigenvalue weighted by Crippen LogP contribution is 2.43. The minimum Gasteiger partial charge on any atom is -0.497 e. The van der Waals surface area contributed by atoms with Crippen LogP contribution < -0.4 is 9.64 Å². The molecular formula is C13H15NO3. The van der Waals surface area contributed by atoms with Crippen LogP contribution in [-0.2, 0) is 10.4 Å². The van der Waals surface area contributed by atoms with E-state index >= 15 is 0 Å². The summed E-state index contributed by atoms with van der Waals surface area (Å²) in [6, 6.07) is 5.23. The van der Waals surface area contributed by atoms with Crippen molar-refractivity contribution in [2.24, 2.45) is 0 Å². The molecule has 1 heterocycles. The van der Waals surface area contributed by atoms with E-state index in [-0.39, 0.29) is 12.3 Å². The molecule has 1 aliphatic rings. The van der Waals surface area contributed by atoms with Gasteiger partial charge in [0.1, 0.15) is 5.75 Å². The van der Waals surface area contributed by atoms with Crippen molar-refractivity contribution in [2.45, 2.75) is 12.0 Å². The fourth-order valence-corrected chi connectivity index (χ4v) is 2.17. The molecule has 0 radical (unpaired) electrons. The third-order valence-electron chi connectivity index (χ3n) is 3.11. The van der Waals surface area contributed by atoms with Crippen LogP contribution in [0, 0.1) is 0 Å². The van der Waals surface area contributed by atoms with Gasteiger partial charge in [0.2, 0.25) is 0 Å². The van der Waals surface area contributed by atoms with Crippen molar-refractivity contribution in [3.05, 3.63) is 36.4 Å². The minimum atomic E-state index is -1.51. The number of benzene rings is 1. The van der Waals surface area contributed by atoms with E-state index in [9.17, 15) is 9.90 Å². The lowest BCUT2D eigenvalue weighted by Crippen LogP contribution is -2.38. The van der Waals surface area contributed by atoms with Crippen LogP contribution >= 0.6 is 0 Å². The number of hydrogen-bond acceptors (Lipinski definition) is 3. The van der Waals surface area contributed by atoms with E-state index in [2.05, 4.69) is 6.58 Å². The molecule has 17 heavy (non-hydrogen) atoms. The second-order valence-corrected chi connectivity index (χ2v) is 4.10. The van der Waals surface area contributed by atoms with Gasteiger partial charge in [0.05, 0.1) is 12.8 Å². The van der Waals surface area contributed by atoms with E-state index in [1.165, 1.54) is 4.90 Å². The maximum atomic E-state index is 12.1. The number of nitrogens with zero attached hydrogens (tertiary/aromatic N) is 1. The van der Waals surface area contributed by atoms with Crippen LogP contribution in [0.3, 0.4) is 0 Å². The second-order valence-electron chi connectivity index (χ2n) is 4.10. The van der Waals surface area contributed by atoms with Crippen molar-refractivity contribution in [3.8, 4) is 5.75 Å². The lowest BCUT2D eigenvalue weighted by atomic mass is 9.92. The predicted octanol–water partition coefficient (Wildman–Crippen LogP) is 1.44. The molecule has 0 saturated heterocycles. The fourth-order valence-electron chi connectivity index (χ4n) is 2.17. The number of ether oxygens (including phenoxy) is 1. The molecule has 1 aromatic rings. The summed E-state index contributed by atoms with van der Waals surface area (Å²) in [5, 5.41) is 10.5. The Morgan fingerprint density at radius 2 is 2.29 bits per heavy atom. The molecule has 4 heteroatoms. The van der Waals surface area contributed by atoms with E-state index in [1.54, 1.807) is 38.4 Å². The lowest BCUT2D eigenvalue weighted by Gasteiger charge is -2.19. The highest BCUT2D eigenvalue weighted by Gasteiger charge is 2.47. The van der Waals surface area contributed by atoms with Crippen molar-refractivity contribution in [1.82, 2.24) is 0 Å². The third-order valence-corrected chi connectivity index (χ3v) is 3.11. The molecule has 1 unspecified atom stereocenters. The Kier molecular flexibility index (Phi) is 2.67. The van der Waals surface area contributed by atoms with Crippen molar-refractivity contribution < 1.29 is 14.6 Å². The van der Waals surface area contributed by atoms with Gasteiger partial charge in [-0.15, -0.1) is 6.58 Å². The number of aliphatic hydroxyl groups is 1. The number of carbonyl (C=O) groups excluding carboxylic acids is 1. The third kappa shape index (κ3) is 1.52. The Labute approximate surface area is 100 Å². The van der Waals surface area contributed by atoms with Gasteiger partial charge in [-0.1, -0.05) is 6.08 Å². The molecule has 1 aromatic carbocycles. The summed E-state index contributed by atoms with van der Waals surface area (Å²) in [7, 11) is 3.20. The highest BCUT2D eigenvalue weighted by atomic mass is 16.5. The van der Waals surface area contributed by atoms with Gasteiger partial charge in [-0.25, -0.2) is 0 Å². The van der Waals surface area contributed by atoms with Crippen molar-refractivity contribution in [1.29, 1.82) is 0 Å². The first-order valence-electron chi connectivity index (χ1n) is 5.34. The summed E-state index contributed by atoms with van der Waals surface area (Å²) in [5.74, 6) is 0.287. The fraction of sp³-hybridized carbons (Fsp3) is 0.308. The van der Waals surface area contributed by atoms with E-state index in [0.717, 1.165) is 0 Å². The Balaban J connectivity index is 2.60. The number of carbonyl (C=O) groups is 1. The number of hydrogen-bond donors (Lipinski definition) is 1. The molecule has 0 spiro atoms. The van der Waals surface area contributed by atoms with Gasteiger partial charge >= 0.3 is 0 Å². The Morgan fingerprint density at radius 1 is 1.59 bits per heavy atom. The predicted molar refractivity (Wildman–Crippen MR) is 65.1 cm³/mol. The van der Waals surface area contributed by atoms with Crippen molar-refractivity contribution in [3.63, 3.8) is 0 Å². The number of rotatable bonds is 3. The van der Waals surface area contributed by atoms with Crippen LogP contribution in [0.1, 0.15) is 12.0 Å². The maximum Gasteiger partial charge on any atom is 0.263 e. The summed E-state index contributed by atoms with van der Waals surface area (Å²) < 4.78 is 5.11. The second kappa shape index (κ2) is 3.89. The molecule has 0 bridgehead atoms. The van der Waals surface area contributed by atoms with Crippen LogP contribution in [0.15, 0.2) is 30.9 Å². The summed E-state index contributed by atoms with van der Waals surface area (Å²) >= 11 is 0. The first kappa shape index (κ1) is 11.7. The monoisotopic (exact) mass is 233 g/mol. The standard InChI is InChI=1S/C13H15NO3/c1-4-7-13(16)10-8-9(17-3)5-6-11(10)14(2)12(13)15/h4-6,8,16H,1,7H2,2-3H3. The van der Waals surface area contributed by atoms with E-state index < -0.39 is 5.60 Å². The Bertz CT molecular complexity index is 484.